The first-order valence-corrected chi connectivity index (χ1v) is 9.15. The van der Waals surface area contributed by atoms with Crippen LogP contribution in [0.3, 0.4) is 0 Å². The molecular weight excluding hydrogens is 366 g/mol. The summed E-state index contributed by atoms with van der Waals surface area (Å²) < 4.78 is 11.1. The van der Waals surface area contributed by atoms with Gasteiger partial charge in [0.15, 0.2) is 0 Å². The number of anilines is 1. The Bertz CT molecular complexity index is 1240. The molecule has 0 aliphatic carbocycles. The molecule has 0 bridgehead atoms. The maximum absolute atomic E-state index is 13.2. The van der Waals surface area contributed by atoms with E-state index in [0.29, 0.717) is 33.4 Å². The van der Waals surface area contributed by atoms with Gasteiger partial charge in [-0.1, -0.05) is 42.0 Å². The van der Waals surface area contributed by atoms with Crippen molar-refractivity contribution in [2.24, 2.45) is 0 Å². The Morgan fingerprint density at radius 2 is 1.62 bits per heavy atom. The van der Waals surface area contributed by atoms with Crippen LogP contribution >= 0.6 is 0 Å². The van der Waals surface area contributed by atoms with Crippen LogP contribution in [0.4, 0.5) is 5.88 Å². The SMILES string of the molecule is COc1ccc(C(=O)Nc2oc3ccccc3c(=O)c2-c2ccc(C)cc2)cc1. The number of nitrogens with one attached hydrogen (secondary N) is 1. The predicted octanol–water partition coefficient (Wildman–Crippen LogP) is 5.03. The van der Waals surface area contributed by atoms with Gasteiger partial charge < -0.3 is 9.15 Å². The number of hydrogen-bond donors (Lipinski definition) is 1. The molecule has 0 spiro atoms. The van der Waals surface area contributed by atoms with Gasteiger partial charge in [0.25, 0.3) is 5.91 Å². The van der Waals surface area contributed by atoms with Crippen molar-refractivity contribution in [3.05, 3.63) is 94.1 Å². The van der Waals surface area contributed by atoms with E-state index in [-0.39, 0.29) is 17.2 Å². The average molecular weight is 385 g/mol. The van der Waals surface area contributed by atoms with Crippen LogP contribution in [0.15, 0.2) is 82.0 Å². The molecule has 1 amide bonds. The van der Waals surface area contributed by atoms with E-state index in [9.17, 15) is 9.59 Å². The minimum atomic E-state index is -0.376. The fraction of sp³-hybridized carbons (Fsp3) is 0.0833. The Kier molecular flexibility index (Phi) is 4.87. The average Bonchev–Trinajstić information content (AvgIpc) is 2.75. The zero-order chi connectivity index (χ0) is 20.4. The second kappa shape index (κ2) is 7.64. The van der Waals surface area contributed by atoms with Crippen LogP contribution in [0, 0.1) is 6.92 Å². The molecule has 1 heterocycles. The number of methoxy groups -OCH3 is 1. The van der Waals surface area contributed by atoms with Gasteiger partial charge in [-0.2, -0.15) is 0 Å². The van der Waals surface area contributed by atoms with E-state index in [1.165, 1.54) is 0 Å². The van der Waals surface area contributed by atoms with Crippen molar-refractivity contribution < 1.29 is 13.9 Å². The lowest BCUT2D eigenvalue weighted by atomic mass is 10.0. The third-order valence-electron chi connectivity index (χ3n) is 4.72. The molecule has 1 N–H and O–H groups in total. The summed E-state index contributed by atoms with van der Waals surface area (Å²) in [7, 11) is 1.56. The molecule has 0 unspecified atom stereocenters. The van der Waals surface area contributed by atoms with E-state index in [4.69, 9.17) is 9.15 Å². The molecule has 0 saturated heterocycles. The number of aryl methyl sites for hydroxylation is 1. The number of amides is 1. The molecule has 1 aromatic heterocycles. The Labute approximate surface area is 167 Å². The summed E-state index contributed by atoms with van der Waals surface area (Å²) in [4.78, 5) is 26.0. The molecule has 3 aromatic carbocycles. The fourth-order valence-corrected chi connectivity index (χ4v) is 3.13. The number of carbonyl (C=O) groups is 1. The zero-order valence-electron chi connectivity index (χ0n) is 16.1. The van der Waals surface area contributed by atoms with Gasteiger partial charge in [0.1, 0.15) is 11.3 Å². The lowest BCUT2D eigenvalue weighted by Gasteiger charge is -2.12. The highest BCUT2D eigenvalue weighted by atomic mass is 16.5. The Morgan fingerprint density at radius 3 is 2.31 bits per heavy atom. The summed E-state index contributed by atoms with van der Waals surface area (Å²) in [5.41, 5.74) is 2.73. The highest BCUT2D eigenvalue weighted by Crippen LogP contribution is 2.29. The van der Waals surface area contributed by atoms with Crippen LogP contribution in [-0.4, -0.2) is 13.0 Å². The number of para-hydroxylation sites is 1. The minimum absolute atomic E-state index is 0.123. The van der Waals surface area contributed by atoms with Crippen molar-refractivity contribution >= 4 is 22.8 Å². The number of rotatable bonds is 4. The van der Waals surface area contributed by atoms with E-state index < -0.39 is 0 Å². The third-order valence-corrected chi connectivity index (χ3v) is 4.72. The normalized spacial score (nSPS) is 10.7. The van der Waals surface area contributed by atoms with Crippen LogP contribution < -0.4 is 15.5 Å². The molecule has 4 aromatic rings. The quantitative estimate of drug-likeness (QED) is 0.535. The predicted molar refractivity (Wildman–Crippen MR) is 114 cm³/mol. The van der Waals surface area contributed by atoms with Crippen molar-refractivity contribution in [1.82, 2.24) is 0 Å². The first-order valence-electron chi connectivity index (χ1n) is 9.15. The molecule has 4 rings (SSSR count). The Hall–Kier alpha value is -3.86. The molecule has 5 nitrogen and oxygen atoms in total. The van der Waals surface area contributed by atoms with Gasteiger partial charge in [-0.15, -0.1) is 0 Å². The number of hydrogen-bond acceptors (Lipinski definition) is 4. The second-order valence-electron chi connectivity index (χ2n) is 6.68. The van der Waals surface area contributed by atoms with Gasteiger partial charge in [-0.3, -0.25) is 14.9 Å². The Balaban J connectivity index is 1.83. The molecule has 5 heteroatoms. The first kappa shape index (κ1) is 18.5. The summed E-state index contributed by atoms with van der Waals surface area (Å²) in [5, 5.41) is 3.23. The van der Waals surface area contributed by atoms with E-state index in [1.807, 2.05) is 31.2 Å². The lowest BCUT2D eigenvalue weighted by molar-refractivity contribution is 0.102. The standard InChI is InChI=1S/C24H19NO4/c1-15-7-9-16(10-8-15)21-22(26)19-5-3-4-6-20(19)29-24(21)25-23(27)17-11-13-18(28-2)14-12-17/h3-14H,1-2H3,(H,25,27). The first-order chi connectivity index (χ1) is 14.1. The fourth-order valence-electron chi connectivity index (χ4n) is 3.13. The van der Waals surface area contributed by atoms with E-state index in [1.54, 1.807) is 55.6 Å². The highest BCUT2D eigenvalue weighted by molar-refractivity contribution is 6.06. The maximum Gasteiger partial charge on any atom is 0.257 e. The summed E-state index contributed by atoms with van der Waals surface area (Å²) in [6.07, 6.45) is 0. The van der Waals surface area contributed by atoms with Crippen LogP contribution in [0.2, 0.25) is 0 Å². The van der Waals surface area contributed by atoms with Crippen LogP contribution in [0.25, 0.3) is 22.1 Å². The van der Waals surface area contributed by atoms with Gasteiger partial charge >= 0.3 is 0 Å². The van der Waals surface area contributed by atoms with Gasteiger partial charge in [-0.05, 0) is 48.9 Å². The summed E-state index contributed by atoms with van der Waals surface area (Å²) in [6, 6.07) is 21.2. The monoisotopic (exact) mass is 385 g/mol. The second-order valence-corrected chi connectivity index (χ2v) is 6.68. The van der Waals surface area contributed by atoms with Gasteiger partial charge in [0.2, 0.25) is 11.3 Å². The maximum atomic E-state index is 13.2. The molecule has 29 heavy (non-hydrogen) atoms. The smallest absolute Gasteiger partial charge is 0.257 e. The van der Waals surface area contributed by atoms with Crippen molar-refractivity contribution in [2.45, 2.75) is 6.92 Å². The highest BCUT2D eigenvalue weighted by Gasteiger charge is 2.19. The van der Waals surface area contributed by atoms with Crippen molar-refractivity contribution in [1.29, 1.82) is 0 Å². The minimum Gasteiger partial charge on any atom is -0.497 e. The molecule has 0 fully saturated rings. The molecule has 0 aliphatic heterocycles. The van der Waals surface area contributed by atoms with Crippen LogP contribution in [-0.2, 0) is 0 Å². The summed E-state index contributed by atoms with van der Waals surface area (Å²) >= 11 is 0. The molecule has 144 valence electrons. The number of ether oxygens (including phenoxy) is 1. The lowest BCUT2D eigenvalue weighted by Crippen LogP contribution is -2.16. The molecule has 0 aliphatic rings. The third kappa shape index (κ3) is 3.62. The van der Waals surface area contributed by atoms with Crippen molar-refractivity contribution in [3.63, 3.8) is 0 Å². The van der Waals surface area contributed by atoms with Gasteiger partial charge in [0.05, 0.1) is 18.1 Å². The van der Waals surface area contributed by atoms with E-state index in [0.717, 1.165) is 5.56 Å². The molecular formula is C24H19NO4. The van der Waals surface area contributed by atoms with Crippen LogP contribution in [0.5, 0.6) is 5.75 Å². The van der Waals surface area contributed by atoms with Crippen molar-refractivity contribution in [2.75, 3.05) is 12.4 Å². The van der Waals surface area contributed by atoms with Gasteiger partial charge in [-0.25, -0.2) is 0 Å². The number of benzene rings is 3. The summed E-state index contributed by atoms with van der Waals surface area (Å²) in [6.45, 7) is 1.97. The number of carbonyl (C=O) groups excluding carboxylic acids is 1. The van der Waals surface area contributed by atoms with E-state index in [2.05, 4.69) is 5.32 Å². The Morgan fingerprint density at radius 1 is 0.931 bits per heavy atom. The summed E-state index contributed by atoms with van der Waals surface area (Å²) in [5.74, 6) is 0.400. The van der Waals surface area contributed by atoms with Gasteiger partial charge in [0, 0.05) is 5.56 Å². The molecule has 0 radical (unpaired) electrons. The number of fused-ring (bicyclic) bond motifs is 1. The molecule has 0 saturated carbocycles. The van der Waals surface area contributed by atoms with Crippen molar-refractivity contribution in [3.8, 4) is 16.9 Å². The van der Waals surface area contributed by atoms with Crippen LogP contribution in [0.1, 0.15) is 15.9 Å². The molecule has 0 atom stereocenters. The zero-order valence-corrected chi connectivity index (χ0v) is 16.1. The van der Waals surface area contributed by atoms with E-state index >= 15 is 0 Å². The largest absolute Gasteiger partial charge is 0.497 e. The topological polar surface area (TPSA) is 68.5 Å².